The van der Waals surface area contributed by atoms with Crippen molar-refractivity contribution in [3.63, 3.8) is 0 Å². The van der Waals surface area contributed by atoms with Crippen LogP contribution in [0.1, 0.15) is 37.7 Å². The summed E-state index contributed by atoms with van der Waals surface area (Å²) in [6.45, 7) is 0. The first kappa shape index (κ1) is 16.2. The van der Waals surface area contributed by atoms with Crippen LogP contribution >= 0.6 is 11.6 Å². The maximum Gasteiger partial charge on any atom is 0.262 e. The smallest absolute Gasteiger partial charge is 0.262 e. The van der Waals surface area contributed by atoms with Gasteiger partial charge in [-0.2, -0.15) is 5.26 Å². The van der Waals surface area contributed by atoms with Gasteiger partial charge in [-0.05, 0) is 36.6 Å². The summed E-state index contributed by atoms with van der Waals surface area (Å²) >= 11 is 5.76. The van der Waals surface area contributed by atoms with E-state index in [1.54, 1.807) is 0 Å². The fourth-order valence-corrected chi connectivity index (χ4v) is 2.74. The molecule has 1 aromatic carbocycles. The van der Waals surface area contributed by atoms with Crippen molar-refractivity contribution in [3.8, 4) is 17.6 Å². The zero-order chi connectivity index (χ0) is 16.1. The van der Waals surface area contributed by atoms with Gasteiger partial charge in [0.25, 0.3) is 5.91 Å². The standard InChI is InChI=1S/C16H17ClN2O3/c17-13-7-10(8-14(20)15(13)21)6-11(9-18)16(22)19-12-4-2-1-3-5-12/h6-8,12,20-21H,1-5H2,(H,19,22)/b11-6+. The van der Waals surface area contributed by atoms with Gasteiger partial charge in [-0.3, -0.25) is 4.79 Å². The summed E-state index contributed by atoms with van der Waals surface area (Å²) in [5, 5.41) is 30.9. The zero-order valence-electron chi connectivity index (χ0n) is 12.0. The Morgan fingerprint density at radius 1 is 1.32 bits per heavy atom. The summed E-state index contributed by atoms with van der Waals surface area (Å²) in [4.78, 5) is 12.1. The molecule has 1 aliphatic carbocycles. The van der Waals surface area contributed by atoms with E-state index in [4.69, 9.17) is 16.9 Å². The lowest BCUT2D eigenvalue weighted by Crippen LogP contribution is -2.36. The van der Waals surface area contributed by atoms with Gasteiger partial charge >= 0.3 is 0 Å². The average Bonchev–Trinajstić information content (AvgIpc) is 2.51. The zero-order valence-corrected chi connectivity index (χ0v) is 12.7. The first-order chi connectivity index (χ1) is 10.5. The van der Waals surface area contributed by atoms with Crippen LogP contribution in [0.4, 0.5) is 0 Å². The molecule has 1 fully saturated rings. The molecule has 1 saturated carbocycles. The Labute approximate surface area is 133 Å². The first-order valence-electron chi connectivity index (χ1n) is 7.15. The molecule has 0 radical (unpaired) electrons. The molecule has 0 aromatic heterocycles. The summed E-state index contributed by atoms with van der Waals surface area (Å²) in [5.74, 6) is -1.26. The van der Waals surface area contributed by atoms with E-state index in [1.165, 1.54) is 24.6 Å². The van der Waals surface area contributed by atoms with E-state index in [0.29, 0.717) is 5.56 Å². The summed E-state index contributed by atoms with van der Waals surface area (Å²) in [6, 6.07) is 4.58. The minimum atomic E-state index is -0.432. The SMILES string of the molecule is N#C/C(=C\c1cc(O)c(O)c(Cl)c1)C(=O)NC1CCCCC1. The third-order valence-electron chi connectivity index (χ3n) is 3.68. The molecule has 0 heterocycles. The second kappa shape index (κ2) is 7.19. The highest BCUT2D eigenvalue weighted by molar-refractivity contribution is 6.32. The van der Waals surface area contributed by atoms with Crippen LogP contribution in [0.15, 0.2) is 17.7 Å². The molecule has 0 aliphatic heterocycles. The van der Waals surface area contributed by atoms with Crippen molar-refractivity contribution in [2.24, 2.45) is 0 Å². The van der Waals surface area contributed by atoms with Crippen LogP contribution in [0.2, 0.25) is 5.02 Å². The fourth-order valence-electron chi connectivity index (χ4n) is 2.51. The molecule has 0 atom stereocenters. The number of benzene rings is 1. The number of hydrogen-bond acceptors (Lipinski definition) is 4. The largest absolute Gasteiger partial charge is 0.504 e. The average molecular weight is 321 g/mol. The van der Waals surface area contributed by atoms with Gasteiger partial charge in [-0.25, -0.2) is 0 Å². The third kappa shape index (κ3) is 3.92. The predicted octanol–water partition coefficient (Wildman–Crippen LogP) is 3.11. The molecular weight excluding hydrogens is 304 g/mol. The monoisotopic (exact) mass is 320 g/mol. The first-order valence-corrected chi connectivity index (χ1v) is 7.53. The second-order valence-electron chi connectivity index (χ2n) is 5.35. The fraction of sp³-hybridized carbons (Fsp3) is 0.375. The maximum atomic E-state index is 12.1. The molecule has 0 unspecified atom stereocenters. The Morgan fingerprint density at radius 2 is 2.00 bits per heavy atom. The van der Waals surface area contributed by atoms with Crippen LogP contribution in [-0.4, -0.2) is 22.2 Å². The van der Waals surface area contributed by atoms with Crippen molar-refractivity contribution in [1.29, 1.82) is 5.26 Å². The molecule has 3 N–H and O–H groups in total. The van der Waals surface area contributed by atoms with E-state index in [9.17, 15) is 15.0 Å². The molecule has 0 spiro atoms. The number of nitriles is 1. The minimum absolute atomic E-state index is 0.0452. The van der Waals surface area contributed by atoms with Crippen LogP contribution in [-0.2, 0) is 4.79 Å². The molecule has 5 nitrogen and oxygen atoms in total. The predicted molar refractivity (Wildman–Crippen MR) is 83.4 cm³/mol. The van der Waals surface area contributed by atoms with Crippen molar-refractivity contribution in [1.82, 2.24) is 5.32 Å². The van der Waals surface area contributed by atoms with Crippen LogP contribution in [0.25, 0.3) is 6.08 Å². The molecule has 2 rings (SSSR count). The van der Waals surface area contributed by atoms with Crippen LogP contribution in [0.3, 0.4) is 0 Å². The minimum Gasteiger partial charge on any atom is -0.504 e. The number of halogens is 1. The summed E-state index contributed by atoms with van der Waals surface area (Å²) in [5.41, 5.74) is 0.308. The second-order valence-corrected chi connectivity index (χ2v) is 5.76. The van der Waals surface area contributed by atoms with E-state index in [1.807, 2.05) is 6.07 Å². The lowest BCUT2D eigenvalue weighted by Gasteiger charge is -2.22. The molecule has 0 saturated heterocycles. The van der Waals surface area contributed by atoms with Gasteiger partial charge < -0.3 is 15.5 Å². The Hall–Kier alpha value is -2.19. The number of rotatable bonds is 3. The molecule has 116 valence electrons. The Bertz CT molecular complexity index is 620. The number of carbonyl (C=O) groups is 1. The summed E-state index contributed by atoms with van der Waals surface area (Å²) < 4.78 is 0. The number of hydrogen-bond donors (Lipinski definition) is 3. The highest BCUT2D eigenvalue weighted by Gasteiger charge is 2.18. The van der Waals surface area contributed by atoms with E-state index in [-0.39, 0.29) is 16.6 Å². The van der Waals surface area contributed by atoms with Crippen molar-refractivity contribution in [2.45, 2.75) is 38.1 Å². The van der Waals surface area contributed by atoms with Gasteiger partial charge in [0.1, 0.15) is 11.6 Å². The van der Waals surface area contributed by atoms with E-state index in [0.717, 1.165) is 25.7 Å². The van der Waals surface area contributed by atoms with Crippen molar-refractivity contribution < 1.29 is 15.0 Å². The Balaban J connectivity index is 2.16. The molecule has 22 heavy (non-hydrogen) atoms. The number of nitrogens with zero attached hydrogens (tertiary/aromatic N) is 1. The van der Waals surface area contributed by atoms with Crippen molar-refractivity contribution in [2.75, 3.05) is 0 Å². The summed E-state index contributed by atoms with van der Waals surface area (Å²) in [6.07, 6.45) is 6.53. The normalized spacial score (nSPS) is 16.1. The number of carbonyl (C=O) groups excluding carboxylic acids is 1. The summed E-state index contributed by atoms with van der Waals surface area (Å²) in [7, 11) is 0. The Kier molecular flexibility index (Phi) is 5.29. The van der Waals surface area contributed by atoms with Gasteiger partial charge in [0.2, 0.25) is 0 Å². The topological polar surface area (TPSA) is 93.3 Å². The van der Waals surface area contributed by atoms with Gasteiger partial charge in [-0.1, -0.05) is 30.9 Å². The molecular formula is C16H17ClN2O3. The van der Waals surface area contributed by atoms with E-state index in [2.05, 4.69) is 5.32 Å². The maximum absolute atomic E-state index is 12.1. The van der Waals surface area contributed by atoms with Crippen molar-refractivity contribution >= 4 is 23.6 Å². The quantitative estimate of drug-likeness (QED) is 0.453. The van der Waals surface area contributed by atoms with E-state index >= 15 is 0 Å². The third-order valence-corrected chi connectivity index (χ3v) is 3.97. The number of amides is 1. The van der Waals surface area contributed by atoms with Crippen molar-refractivity contribution in [3.05, 3.63) is 28.3 Å². The van der Waals surface area contributed by atoms with Gasteiger partial charge in [0.15, 0.2) is 11.5 Å². The van der Waals surface area contributed by atoms with Crippen LogP contribution in [0, 0.1) is 11.3 Å². The molecule has 6 heteroatoms. The van der Waals surface area contributed by atoms with Gasteiger partial charge in [-0.15, -0.1) is 0 Å². The molecule has 1 aliphatic rings. The van der Waals surface area contributed by atoms with Gasteiger partial charge in [0.05, 0.1) is 5.02 Å². The number of phenolic OH excluding ortho intramolecular Hbond substituents is 2. The van der Waals surface area contributed by atoms with Crippen LogP contribution in [0.5, 0.6) is 11.5 Å². The number of phenols is 2. The molecule has 1 aromatic rings. The molecule has 1 amide bonds. The van der Waals surface area contributed by atoms with Gasteiger partial charge in [0, 0.05) is 6.04 Å². The lowest BCUT2D eigenvalue weighted by atomic mass is 9.95. The van der Waals surface area contributed by atoms with E-state index < -0.39 is 17.4 Å². The molecule has 0 bridgehead atoms. The lowest BCUT2D eigenvalue weighted by molar-refractivity contribution is -0.117. The highest BCUT2D eigenvalue weighted by Crippen LogP contribution is 2.34. The Morgan fingerprint density at radius 3 is 2.59 bits per heavy atom. The number of nitrogens with one attached hydrogen (secondary N) is 1. The number of aromatic hydroxyl groups is 2. The van der Waals surface area contributed by atoms with Crippen LogP contribution < -0.4 is 5.32 Å². The highest BCUT2D eigenvalue weighted by atomic mass is 35.5.